The van der Waals surface area contributed by atoms with Crippen LogP contribution in [0.1, 0.15) is 51.2 Å². The summed E-state index contributed by atoms with van der Waals surface area (Å²) in [5, 5.41) is 17.0. The molecule has 146 valence electrons. The molecule has 0 spiro atoms. The Morgan fingerprint density at radius 3 is 2.50 bits per heavy atom. The molecule has 0 amide bonds. The Kier molecular flexibility index (Phi) is 5.74. The third-order valence-corrected chi connectivity index (χ3v) is 4.77. The monoisotopic (exact) mass is 394 g/mol. The highest BCUT2D eigenvalue weighted by Gasteiger charge is 2.38. The van der Waals surface area contributed by atoms with Gasteiger partial charge in [-0.05, 0) is 26.2 Å². The van der Waals surface area contributed by atoms with Crippen LogP contribution in [0.5, 0.6) is 0 Å². The fraction of sp³-hybridized carbons (Fsp3) is 0.625. The normalized spacial score (nSPS) is 17.2. The fourth-order valence-electron chi connectivity index (χ4n) is 2.48. The minimum Gasteiger partial charge on any atom is -0.362 e. The lowest BCUT2D eigenvalue weighted by Crippen LogP contribution is -2.34. The number of anilines is 1. The molecule has 3 atom stereocenters. The van der Waals surface area contributed by atoms with Crippen molar-refractivity contribution in [1.82, 2.24) is 14.6 Å². The molecular formula is C16H22ClF3N4O2. The van der Waals surface area contributed by atoms with Crippen molar-refractivity contribution in [2.75, 3.05) is 12.4 Å². The average Bonchev–Trinajstić information content (AvgIpc) is 2.97. The molecule has 2 aromatic heterocycles. The third kappa shape index (κ3) is 3.74. The van der Waals surface area contributed by atoms with E-state index >= 15 is 0 Å². The van der Waals surface area contributed by atoms with Crippen LogP contribution < -0.4 is 5.32 Å². The number of fused-ring (bicyclic) bond motifs is 1. The summed E-state index contributed by atoms with van der Waals surface area (Å²) in [6.07, 6.45) is -2.51. The van der Waals surface area contributed by atoms with Crippen molar-refractivity contribution in [3.8, 4) is 0 Å². The standard InChI is InChI=1S/C16H22ClF3N4O2/c1-6-8(2)11-12(17)23-13-10(15(4,25)26-5)7-21-24(13)14(11)22-9(3)16(18,19)20/h7-9,22,25H,6H2,1-5H3/t8?,9-,15?/m0/s1. The van der Waals surface area contributed by atoms with Crippen LogP contribution in [0.15, 0.2) is 6.20 Å². The molecule has 10 heteroatoms. The topological polar surface area (TPSA) is 71.7 Å². The average molecular weight is 395 g/mol. The van der Waals surface area contributed by atoms with Crippen molar-refractivity contribution in [3.63, 3.8) is 0 Å². The molecule has 2 unspecified atom stereocenters. The summed E-state index contributed by atoms with van der Waals surface area (Å²) >= 11 is 6.31. The largest absolute Gasteiger partial charge is 0.408 e. The Balaban J connectivity index is 2.75. The van der Waals surface area contributed by atoms with Crippen LogP contribution in [-0.2, 0) is 10.5 Å². The van der Waals surface area contributed by atoms with Gasteiger partial charge in [0.15, 0.2) is 11.4 Å². The zero-order valence-corrected chi connectivity index (χ0v) is 15.9. The molecule has 2 heterocycles. The molecule has 0 aliphatic rings. The molecule has 0 fully saturated rings. The smallest absolute Gasteiger partial charge is 0.362 e. The van der Waals surface area contributed by atoms with Gasteiger partial charge in [-0.25, -0.2) is 4.98 Å². The van der Waals surface area contributed by atoms with Gasteiger partial charge in [-0.15, -0.1) is 0 Å². The van der Waals surface area contributed by atoms with E-state index in [1.165, 1.54) is 24.7 Å². The maximum absolute atomic E-state index is 13.1. The van der Waals surface area contributed by atoms with E-state index in [0.717, 1.165) is 6.92 Å². The molecule has 0 radical (unpaired) electrons. The van der Waals surface area contributed by atoms with Crippen LogP contribution in [-0.4, -0.2) is 39.0 Å². The van der Waals surface area contributed by atoms with Crippen LogP contribution >= 0.6 is 11.6 Å². The zero-order valence-electron chi connectivity index (χ0n) is 15.1. The van der Waals surface area contributed by atoms with Crippen molar-refractivity contribution in [2.24, 2.45) is 0 Å². The maximum atomic E-state index is 13.1. The first-order valence-electron chi connectivity index (χ1n) is 8.12. The zero-order chi connectivity index (χ0) is 19.9. The second-order valence-corrected chi connectivity index (χ2v) is 6.72. The summed E-state index contributed by atoms with van der Waals surface area (Å²) in [5.74, 6) is -1.78. The highest BCUT2D eigenvalue weighted by atomic mass is 35.5. The number of methoxy groups -OCH3 is 1. The van der Waals surface area contributed by atoms with Crippen molar-refractivity contribution in [3.05, 3.63) is 22.5 Å². The lowest BCUT2D eigenvalue weighted by Gasteiger charge is -2.24. The lowest BCUT2D eigenvalue weighted by atomic mass is 10.00. The lowest BCUT2D eigenvalue weighted by molar-refractivity contribution is -0.178. The molecule has 2 N–H and O–H groups in total. The summed E-state index contributed by atoms with van der Waals surface area (Å²) in [5.41, 5.74) is 0.746. The van der Waals surface area contributed by atoms with Crippen LogP contribution in [0, 0.1) is 0 Å². The van der Waals surface area contributed by atoms with Crippen LogP contribution in [0.4, 0.5) is 19.0 Å². The van der Waals surface area contributed by atoms with Crippen molar-refractivity contribution < 1.29 is 23.0 Å². The molecule has 0 aromatic carbocycles. The molecule has 2 aromatic rings. The van der Waals surface area contributed by atoms with Crippen LogP contribution in [0.2, 0.25) is 5.15 Å². The van der Waals surface area contributed by atoms with Crippen molar-refractivity contribution in [1.29, 1.82) is 0 Å². The van der Waals surface area contributed by atoms with Gasteiger partial charge in [-0.2, -0.15) is 22.8 Å². The fourth-order valence-corrected chi connectivity index (χ4v) is 2.84. The van der Waals surface area contributed by atoms with Crippen molar-refractivity contribution >= 4 is 23.1 Å². The second kappa shape index (κ2) is 7.21. The van der Waals surface area contributed by atoms with E-state index in [9.17, 15) is 18.3 Å². The predicted molar refractivity (Wildman–Crippen MR) is 92.4 cm³/mol. The summed E-state index contributed by atoms with van der Waals surface area (Å²) in [7, 11) is 1.30. The Morgan fingerprint density at radius 2 is 2.00 bits per heavy atom. The Labute approximate surface area is 154 Å². The minimum absolute atomic E-state index is 0.0531. The van der Waals surface area contributed by atoms with Gasteiger partial charge < -0.3 is 15.2 Å². The van der Waals surface area contributed by atoms with Gasteiger partial charge in [0, 0.05) is 12.7 Å². The Hall–Kier alpha value is -1.58. The van der Waals surface area contributed by atoms with Gasteiger partial charge in [0.1, 0.15) is 17.0 Å². The molecule has 6 nitrogen and oxygen atoms in total. The summed E-state index contributed by atoms with van der Waals surface area (Å²) in [6.45, 7) is 6.13. The third-order valence-electron chi connectivity index (χ3n) is 4.48. The number of halogens is 4. The van der Waals surface area contributed by atoms with E-state index in [2.05, 4.69) is 15.4 Å². The van der Waals surface area contributed by atoms with E-state index in [1.807, 2.05) is 13.8 Å². The second-order valence-electron chi connectivity index (χ2n) is 6.36. The quantitative estimate of drug-likeness (QED) is 0.570. The van der Waals surface area contributed by atoms with Crippen molar-refractivity contribution in [2.45, 2.75) is 58.0 Å². The van der Waals surface area contributed by atoms with Gasteiger partial charge in [-0.3, -0.25) is 0 Å². The number of alkyl halides is 3. The number of aromatic nitrogens is 3. The Bertz CT molecular complexity index is 792. The predicted octanol–water partition coefficient (Wildman–Crippen LogP) is 4.07. The molecule has 0 saturated heterocycles. The molecule has 26 heavy (non-hydrogen) atoms. The van der Waals surface area contributed by atoms with E-state index in [-0.39, 0.29) is 28.1 Å². The van der Waals surface area contributed by atoms with Crippen LogP contribution in [0.25, 0.3) is 5.65 Å². The summed E-state index contributed by atoms with van der Waals surface area (Å²) < 4.78 is 45.5. The molecule has 0 aliphatic heterocycles. The van der Waals surface area contributed by atoms with E-state index in [4.69, 9.17) is 16.3 Å². The number of nitrogens with one attached hydrogen (secondary N) is 1. The molecular weight excluding hydrogens is 373 g/mol. The number of hydrogen-bond donors (Lipinski definition) is 2. The van der Waals surface area contributed by atoms with Gasteiger partial charge in [0.25, 0.3) is 0 Å². The number of nitrogens with zero attached hydrogens (tertiary/aromatic N) is 3. The first-order valence-corrected chi connectivity index (χ1v) is 8.50. The summed E-state index contributed by atoms with van der Waals surface area (Å²) in [6, 6.07) is -1.83. The van der Waals surface area contributed by atoms with Crippen LogP contribution in [0.3, 0.4) is 0 Å². The Morgan fingerprint density at radius 1 is 1.38 bits per heavy atom. The van der Waals surface area contributed by atoms with E-state index in [1.54, 1.807) is 0 Å². The maximum Gasteiger partial charge on any atom is 0.408 e. The molecule has 0 saturated carbocycles. The molecule has 0 aliphatic carbocycles. The highest BCUT2D eigenvalue weighted by Crippen LogP contribution is 2.37. The summed E-state index contributed by atoms with van der Waals surface area (Å²) in [4.78, 5) is 4.25. The van der Waals surface area contributed by atoms with E-state index in [0.29, 0.717) is 12.0 Å². The number of rotatable bonds is 6. The first-order chi connectivity index (χ1) is 11.9. The molecule has 0 bridgehead atoms. The van der Waals surface area contributed by atoms with Gasteiger partial charge >= 0.3 is 6.18 Å². The number of aliphatic hydroxyl groups is 1. The number of hydrogen-bond acceptors (Lipinski definition) is 5. The van der Waals surface area contributed by atoms with E-state index < -0.39 is 18.0 Å². The molecule has 2 rings (SSSR count). The van der Waals surface area contributed by atoms with Gasteiger partial charge in [0.05, 0.1) is 11.8 Å². The number of ether oxygens (including phenoxy) is 1. The highest BCUT2D eigenvalue weighted by molar-refractivity contribution is 6.30. The van der Waals surface area contributed by atoms with Gasteiger partial charge in [0.2, 0.25) is 0 Å². The first kappa shape index (κ1) is 20.7. The SMILES string of the molecule is CCC(C)c1c(Cl)nc2c(C(C)(O)OC)cnn2c1N[C@@H](C)C(F)(F)F. The van der Waals surface area contributed by atoms with Gasteiger partial charge in [-0.1, -0.05) is 25.4 Å². The minimum atomic E-state index is -4.46.